The third-order valence-electron chi connectivity index (χ3n) is 2.24. The van der Waals surface area contributed by atoms with Gasteiger partial charge in [-0.3, -0.25) is 0 Å². The van der Waals surface area contributed by atoms with E-state index in [-0.39, 0.29) is 17.4 Å². The van der Waals surface area contributed by atoms with E-state index in [9.17, 15) is 13.2 Å². The number of rotatable bonds is 2. The largest absolute Gasteiger partial charge is 0.419 e. The Morgan fingerprint density at radius 1 is 1.33 bits per heavy atom. The summed E-state index contributed by atoms with van der Waals surface area (Å²) in [6.45, 7) is -0.332. The van der Waals surface area contributed by atoms with Gasteiger partial charge >= 0.3 is 6.18 Å². The SMILES string of the molecule is OCc1cc(-n2cc(C(F)(F)F)cn2)ncc1Cl. The van der Waals surface area contributed by atoms with Crippen LogP contribution in [0.5, 0.6) is 0 Å². The lowest BCUT2D eigenvalue weighted by atomic mass is 10.3. The van der Waals surface area contributed by atoms with Gasteiger partial charge in [0.05, 0.1) is 23.4 Å². The van der Waals surface area contributed by atoms with E-state index < -0.39 is 11.7 Å². The van der Waals surface area contributed by atoms with Gasteiger partial charge < -0.3 is 5.11 Å². The molecule has 0 aliphatic heterocycles. The van der Waals surface area contributed by atoms with E-state index in [0.29, 0.717) is 11.8 Å². The molecule has 0 aromatic carbocycles. The van der Waals surface area contributed by atoms with Gasteiger partial charge in [0.15, 0.2) is 5.82 Å². The summed E-state index contributed by atoms with van der Waals surface area (Å²) in [7, 11) is 0. The van der Waals surface area contributed by atoms with Crippen LogP contribution in [-0.2, 0) is 12.8 Å². The second-order valence-electron chi connectivity index (χ2n) is 3.46. The Bertz CT molecular complexity index is 568. The van der Waals surface area contributed by atoms with Crippen LogP contribution in [0, 0.1) is 0 Å². The van der Waals surface area contributed by atoms with Crippen LogP contribution in [0.15, 0.2) is 24.7 Å². The molecule has 0 atom stereocenters. The van der Waals surface area contributed by atoms with Gasteiger partial charge in [-0.25, -0.2) is 9.67 Å². The van der Waals surface area contributed by atoms with Crippen molar-refractivity contribution in [2.45, 2.75) is 12.8 Å². The first kappa shape index (κ1) is 12.8. The van der Waals surface area contributed by atoms with Crippen LogP contribution in [0.3, 0.4) is 0 Å². The molecule has 2 heterocycles. The molecular formula is C10H7ClF3N3O. The van der Waals surface area contributed by atoms with Crippen LogP contribution in [-0.4, -0.2) is 19.9 Å². The molecule has 1 N–H and O–H groups in total. The molecule has 0 spiro atoms. The summed E-state index contributed by atoms with van der Waals surface area (Å²) < 4.78 is 38.1. The molecule has 0 bridgehead atoms. The summed E-state index contributed by atoms with van der Waals surface area (Å²) in [6.07, 6.45) is -1.69. The van der Waals surface area contributed by atoms with E-state index in [1.807, 2.05) is 0 Å². The van der Waals surface area contributed by atoms with Gasteiger partial charge in [-0.1, -0.05) is 11.6 Å². The molecule has 2 rings (SSSR count). The molecule has 2 aromatic heterocycles. The molecule has 0 amide bonds. The Labute approximate surface area is 105 Å². The lowest BCUT2D eigenvalue weighted by Gasteiger charge is -2.04. The topological polar surface area (TPSA) is 50.9 Å². The molecule has 18 heavy (non-hydrogen) atoms. The average Bonchev–Trinajstić information content (AvgIpc) is 2.78. The summed E-state index contributed by atoms with van der Waals surface area (Å²) in [4.78, 5) is 3.84. The lowest BCUT2D eigenvalue weighted by Crippen LogP contribution is -2.03. The highest BCUT2D eigenvalue weighted by atomic mass is 35.5. The first-order chi connectivity index (χ1) is 8.41. The van der Waals surface area contributed by atoms with Crippen molar-refractivity contribution >= 4 is 11.6 Å². The van der Waals surface area contributed by atoms with Gasteiger partial charge in [-0.2, -0.15) is 18.3 Å². The molecule has 0 unspecified atom stereocenters. The zero-order valence-electron chi connectivity index (χ0n) is 8.82. The number of pyridine rings is 1. The lowest BCUT2D eigenvalue weighted by molar-refractivity contribution is -0.137. The fraction of sp³-hybridized carbons (Fsp3) is 0.200. The van der Waals surface area contributed by atoms with Crippen molar-refractivity contribution in [3.05, 3.63) is 40.8 Å². The number of halogens is 4. The number of alkyl halides is 3. The van der Waals surface area contributed by atoms with Crippen molar-refractivity contribution in [3.63, 3.8) is 0 Å². The van der Waals surface area contributed by atoms with Crippen molar-refractivity contribution in [2.24, 2.45) is 0 Å². The van der Waals surface area contributed by atoms with E-state index in [1.54, 1.807) is 0 Å². The van der Waals surface area contributed by atoms with Gasteiger partial charge in [-0.15, -0.1) is 0 Å². The van der Waals surface area contributed by atoms with Crippen molar-refractivity contribution in [1.82, 2.24) is 14.8 Å². The molecule has 0 fully saturated rings. The highest BCUT2D eigenvalue weighted by Gasteiger charge is 2.32. The second kappa shape index (κ2) is 4.58. The third-order valence-corrected chi connectivity index (χ3v) is 2.58. The molecule has 96 valence electrons. The number of nitrogens with zero attached hydrogens (tertiary/aromatic N) is 3. The molecular weight excluding hydrogens is 271 g/mol. The highest BCUT2D eigenvalue weighted by Crippen LogP contribution is 2.29. The fourth-order valence-corrected chi connectivity index (χ4v) is 1.47. The zero-order chi connectivity index (χ0) is 13.3. The van der Waals surface area contributed by atoms with Crippen LogP contribution in [0.4, 0.5) is 13.2 Å². The minimum Gasteiger partial charge on any atom is -0.392 e. The molecule has 0 aliphatic rings. The quantitative estimate of drug-likeness (QED) is 0.917. The zero-order valence-corrected chi connectivity index (χ0v) is 9.57. The van der Waals surface area contributed by atoms with Crippen molar-refractivity contribution in [3.8, 4) is 5.82 Å². The number of aromatic nitrogens is 3. The highest BCUT2D eigenvalue weighted by molar-refractivity contribution is 6.31. The van der Waals surface area contributed by atoms with E-state index in [0.717, 1.165) is 10.9 Å². The summed E-state index contributed by atoms with van der Waals surface area (Å²) in [5.74, 6) is 0.152. The van der Waals surface area contributed by atoms with Gasteiger partial charge in [-0.05, 0) is 6.07 Å². The maximum atomic E-state index is 12.4. The first-order valence-electron chi connectivity index (χ1n) is 4.79. The standard InChI is InChI=1S/C10H7ClF3N3O/c11-8-3-15-9(1-6(8)5-18)17-4-7(2-16-17)10(12,13)14/h1-4,18H,5H2. The number of aliphatic hydroxyl groups excluding tert-OH is 1. The predicted molar refractivity (Wildman–Crippen MR) is 57.3 cm³/mol. The van der Waals surface area contributed by atoms with Crippen LogP contribution < -0.4 is 0 Å². The molecule has 4 nitrogen and oxygen atoms in total. The molecule has 0 saturated carbocycles. The number of hydrogen-bond donors (Lipinski definition) is 1. The Kier molecular flexibility index (Phi) is 3.27. The number of aliphatic hydroxyl groups is 1. The average molecular weight is 278 g/mol. The fourth-order valence-electron chi connectivity index (χ4n) is 1.31. The smallest absolute Gasteiger partial charge is 0.392 e. The summed E-state index contributed by atoms with van der Waals surface area (Å²) in [5.41, 5.74) is -0.504. The minimum atomic E-state index is -4.45. The van der Waals surface area contributed by atoms with Crippen LogP contribution in [0.1, 0.15) is 11.1 Å². The van der Waals surface area contributed by atoms with Crippen LogP contribution >= 0.6 is 11.6 Å². The summed E-state index contributed by atoms with van der Waals surface area (Å²) in [6, 6.07) is 1.37. The van der Waals surface area contributed by atoms with E-state index in [2.05, 4.69) is 10.1 Å². The normalized spacial score (nSPS) is 11.8. The molecule has 0 aliphatic carbocycles. The Morgan fingerprint density at radius 3 is 2.61 bits per heavy atom. The summed E-state index contributed by atoms with van der Waals surface area (Å²) in [5, 5.41) is 12.8. The van der Waals surface area contributed by atoms with E-state index in [4.69, 9.17) is 16.7 Å². The van der Waals surface area contributed by atoms with Crippen molar-refractivity contribution in [1.29, 1.82) is 0 Å². The molecule has 2 aromatic rings. The maximum absolute atomic E-state index is 12.4. The van der Waals surface area contributed by atoms with Crippen LogP contribution in [0.25, 0.3) is 5.82 Å². The molecule has 8 heteroatoms. The van der Waals surface area contributed by atoms with Gasteiger partial charge in [0.2, 0.25) is 0 Å². The monoisotopic (exact) mass is 277 g/mol. The van der Waals surface area contributed by atoms with Gasteiger partial charge in [0.25, 0.3) is 0 Å². The third kappa shape index (κ3) is 2.46. The van der Waals surface area contributed by atoms with E-state index in [1.165, 1.54) is 12.3 Å². The Balaban J connectivity index is 2.40. The van der Waals surface area contributed by atoms with Crippen molar-refractivity contribution < 1.29 is 18.3 Å². The summed E-state index contributed by atoms with van der Waals surface area (Å²) >= 11 is 5.73. The van der Waals surface area contributed by atoms with E-state index >= 15 is 0 Å². The van der Waals surface area contributed by atoms with Crippen LogP contribution in [0.2, 0.25) is 5.02 Å². The Morgan fingerprint density at radius 2 is 2.06 bits per heavy atom. The minimum absolute atomic E-state index is 0.152. The second-order valence-corrected chi connectivity index (χ2v) is 3.87. The van der Waals surface area contributed by atoms with Crippen molar-refractivity contribution in [2.75, 3.05) is 0 Å². The number of hydrogen-bond acceptors (Lipinski definition) is 3. The molecule has 0 radical (unpaired) electrons. The Hall–Kier alpha value is -1.60. The van der Waals surface area contributed by atoms with Gasteiger partial charge in [0.1, 0.15) is 0 Å². The first-order valence-corrected chi connectivity index (χ1v) is 5.17. The predicted octanol–water partition coefficient (Wildman–Crippen LogP) is 2.43. The van der Waals surface area contributed by atoms with Gasteiger partial charge in [0, 0.05) is 18.0 Å². The molecule has 0 saturated heterocycles. The maximum Gasteiger partial charge on any atom is 0.419 e.